The summed E-state index contributed by atoms with van der Waals surface area (Å²) < 4.78 is 60.4. The number of hydrogen-bond acceptors (Lipinski definition) is 8. The van der Waals surface area contributed by atoms with Gasteiger partial charge in [-0.3, -0.25) is 0 Å². The second-order valence-electron chi connectivity index (χ2n) is 5.44. The van der Waals surface area contributed by atoms with Gasteiger partial charge in [0.25, 0.3) is 0 Å². The summed E-state index contributed by atoms with van der Waals surface area (Å²) in [4.78, 5) is 6.96. The third-order valence-electron chi connectivity index (χ3n) is 3.34. The van der Waals surface area contributed by atoms with E-state index >= 15 is 0 Å². The Morgan fingerprint density at radius 3 is 1.50 bits per heavy atom. The van der Waals surface area contributed by atoms with Gasteiger partial charge in [0.2, 0.25) is 0 Å². The van der Waals surface area contributed by atoms with Gasteiger partial charge in [-0.05, 0) is 56.1 Å². The molecule has 0 fully saturated rings. The molecule has 0 saturated heterocycles. The molecule has 158 valence electrons. The number of nitrogens with zero attached hydrogens (tertiary/aromatic N) is 2. The number of pyridine rings is 2. The molecule has 0 aliphatic rings. The van der Waals surface area contributed by atoms with E-state index in [-0.39, 0.29) is 40.5 Å². The molecule has 2 heterocycles. The van der Waals surface area contributed by atoms with Crippen molar-refractivity contribution in [3.05, 3.63) is 68.0 Å². The van der Waals surface area contributed by atoms with Gasteiger partial charge in [0.05, 0.1) is 21.3 Å². The lowest BCUT2D eigenvalue weighted by atomic mass is 10.3. The van der Waals surface area contributed by atoms with Gasteiger partial charge in [0, 0.05) is 6.07 Å². The van der Waals surface area contributed by atoms with Gasteiger partial charge in [0.15, 0.2) is 0 Å². The van der Waals surface area contributed by atoms with Crippen molar-refractivity contribution >= 4 is 75.3 Å². The SMILES string of the molecule is O=S(=O)(Oc1cccc(OS(=O)(=O)c2cnc(Cl)c(Br)c2)c1)c1cnc(Cl)c(Br)c1. The van der Waals surface area contributed by atoms with Crippen LogP contribution >= 0.6 is 55.1 Å². The largest absolute Gasteiger partial charge is 0.379 e. The maximum absolute atomic E-state index is 12.4. The summed E-state index contributed by atoms with van der Waals surface area (Å²) in [7, 11) is -8.53. The standard InChI is InChI=1S/C16H8Br2Cl2N2O6S2/c17-13-5-11(7-21-15(13)19)29(23,24)27-9-2-1-3-10(4-9)28-30(25,26)12-6-14(18)16(20)22-8-12/h1-8H. The molecular formula is C16H8Br2Cl2N2O6S2. The van der Waals surface area contributed by atoms with Crippen molar-refractivity contribution in [2.75, 3.05) is 0 Å². The zero-order valence-electron chi connectivity index (χ0n) is 14.3. The van der Waals surface area contributed by atoms with Crippen molar-refractivity contribution in [1.82, 2.24) is 9.97 Å². The molecule has 0 saturated carbocycles. The fraction of sp³-hybridized carbons (Fsp3) is 0. The maximum Gasteiger partial charge on any atom is 0.340 e. The molecule has 0 amide bonds. The molecule has 0 aliphatic carbocycles. The van der Waals surface area contributed by atoms with Gasteiger partial charge < -0.3 is 8.37 Å². The van der Waals surface area contributed by atoms with E-state index in [9.17, 15) is 16.8 Å². The first kappa shape index (κ1) is 23.2. The summed E-state index contributed by atoms with van der Waals surface area (Å²) in [5.74, 6) is -0.353. The van der Waals surface area contributed by atoms with Crippen LogP contribution in [0.4, 0.5) is 0 Å². The van der Waals surface area contributed by atoms with Crippen LogP contribution in [0.3, 0.4) is 0 Å². The van der Waals surface area contributed by atoms with Gasteiger partial charge in [-0.2, -0.15) is 16.8 Å². The molecule has 3 aromatic rings. The molecule has 3 rings (SSSR count). The Bertz CT molecular complexity index is 1240. The van der Waals surface area contributed by atoms with Crippen LogP contribution < -0.4 is 8.37 Å². The summed E-state index contributed by atoms with van der Waals surface area (Å²) in [6.07, 6.45) is 2.05. The first-order chi connectivity index (χ1) is 14.0. The van der Waals surface area contributed by atoms with Crippen molar-refractivity contribution < 1.29 is 25.2 Å². The lowest BCUT2D eigenvalue weighted by Gasteiger charge is -2.10. The topological polar surface area (TPSA) is 113 Å². The number of hydrogen-bond donors (Lipinski definition) is 0. The highest BCUT2D eigenvalue weighted by molar-refractivity contribution is 9.10. The van der Waals surface area contributed by atoms with Crippen molar-refractivity contribution in [2.45, 2.75) is 9.79 Å². The van der Waals surface area contributed by atoms with Crippen LogP contribution in [0.1, 0.15) is 0 Å². The third-order valence-corrected chi connectivity index (χ3v) is 8.03. The normalized spacial score (nSPS) is 11.9. The molecule has 8 nitrogen and oxygen atoms in total. The minimum absolute atomic E-state index is 0.0814. The van der Waals surface area contributed by atoms with Crippen LogP contribution in [0.15, 0.2) is 67.5 Å². The monoisotopic (exact) mass is 616 g/mol. The highest BCUT2D eigenvalue weighted by Crippen LogP contribution is 2.29. The Balaban J connectivity index is 1.85. The minimum atomic E-state index is -4.26. The van der Waals surface area contributed by atoms with E-state index < -0.39 is 20.2 Å². The fourth-order valence-corrected chi connectivity index (χ4v) is 5.01. The second kappa shape index (κ2) is 8.97. The van der Waals surface area contributed by atoms with Crippen LogP contribution in [-0.4, -0.2) is 26.8 Å². The lowest BCUT2D eigenvalue weighted by molar-refractivity contribution is 0.476. The average molecular weight is 619 g/mol. The maximum atomic E-state index is 12.4. The van der Waals surface area contributed by atoms with Crippen molar-refractivity contribution in [2.24, 2.45) is 0 Å². The Kier molecular flexibility index (Phi) is 6.94. The molecule has 0 atom stereocenters. The van der Waals surface area contributed by atoms with Crippen LogP contribution in [-0.2, 0) is 20.2 Å². The summed E-state index contributed by atoms with van der Waals surface area (Å²) in [5.41, 5.74) is 0. The second-order valence-corrected chi connectivity index (χ2v) is 11.0. The van der Waals surface area contributed by atoms with Gasteiger partial charge in [0.1, 0.15) is 31.6 Å². The highest BCUT2D eigenvalue weighted by Gasteiger charge is 2.21. The van der Waals surface area contributed by atoms with E-state index in [4.69, 9.17) is 31.6 Å². The zero-order chi connectivity index (χ0) is 22.1. The van der Waals surface area contributed by atoms with Crippen molar-refractivity contribution in [3.63, 3.8) is 0 Å². The molecular weight excluding hydrogens is 611 g/mol. The first-order valence-electron chi connectivity index (χ1n) is 7.59. The van der Waals surface area contributed by atoms with Crippen molar-refractivity contribution in [3.8, 4) is 11.5 Å². The molecule has 0 radical (unpaired) electrons. The Morgan fingerprint density at radius 1 is 0.733 bits per heavy atom. The molecule has 0 bridgehead atoms. The zero-order valence-corrected chi connectivity index (χ0v) is 20.6. The summed E-state index contributed by atoms with van der Waals surface area (Å²) in [6.45, 7) is 0. The van der Waals surface area contributed by atoms with E-state index in [1.807, 2.05) is 0 Å². The van der Waals surface area contributed by atoms with Gasteiger partial charge in [-0.25, -0.2) is 9.97 Å². The molecule has 0 spiro atoms. The van der Waals surface area contributed by atoms with Crippen LogP contribution in [0, 0.1) is 0 Å². The van der Waals surface area contributed by atoms with E-state index in [1.54, 1.807) is 0 Å². The van der Waals surface area contributed by atoms with E-state index in [1.165, 1.54) is 30.3 Å². The predicted molar refractivity (Wildman–Crippen MR) is 116 cm³/mol. The molecule has 0 aliphatic heterocycles. The number of rotatable bonds is 6. The number of halogens is 4. The number of benzene rings is 1. The van der Waals surface area contributed by atoms with Crippen LogP contribution in [0.5, 0.6) is 11.5 Å². The quantitative estimate of drug-likeness (QED) is 0.285. The third kappa shape index (κ3) is 5.42. The van der Waals surface area contributed by atoms with Crippen LogP contribution in [0.2, 0.25) is 10.3 Å². The average Bonchev–Trinajstić information content (AvgIpc) is 2.65. The lowest BCUT2D eigenvalue weighted by Crippen LogP contribution is -2.12. The fourth-order valence-electron chi connectivity index (χ4n) is 2.01. The van der Waals surface area contributed by atoms with Gasteiger partial charge >= 0.3 is 20.2 Å². The molecule has 1 aromatic carbocycles. The summed E-state index contributed by atoms with van der Waals surface area (Å²) in [5, 5.41) is 0.163. The Labute approximate surface area is 198 Å². The minimum Gasteiger partial charge on any atom is -0.379 e. The predicted octanol–water partition coefficient (Wildman–Crippen LogP) is 4.84. The summed E-state index contributed by atoms with van der Waals surface area (Å²) >= 11 is 17.7. The summed E-state index contributed by atoms with van der Waals surface area (Å²) in [6, 6.07) is 7.54. The Hall–Kier alpha value is -1.44. The first-order valence-corrected chi connectivity index (χ1v) is 12.7. The molecule has 30 heavy (non-hydrogen) atoms. The van der Waals surface area contributed by atoms with E-state index in [0.717, 1.165) is 18.5 Å². The van der Waals surface area contributed by atoms with Crippen molar-refractivity contribution in [1.29, 1.82) is 0 Å². The molecule has 2 aromatic heterocycles. The van der Waals surface area contributed by atoms with Crippen LogP contribution in [0.25, 0.3) is 0 Å². The highest BCUT2D eigenvalue weighted by atomic mass is 79.9. The Morgan fingerprint density at radius 2 is 1.13 bits per heavy atom. The van der Waals surface area contributed by atoms with E-state index in [2.05, 4.69) is 41.8 Å². The molecule has 0 N–H and O–H groups in total. The molecule has 0 unspecified atom stereocenters. The smallest absolute Gasteiger partial charge is 0.340 e. The van der Waals surface area contributed by atoms with E-state index in [0.29, 0.717) is 0 Å². The van der Waals surface area contributed by atoms with Gasteiger partial charge in [-0.15, -0.1) is 0 Å². The molecule has 14 heteroatoms. The number of aromatic nitrogens is 2. The van der Waals surface area contributed by atoms with Gasteiger partial charge in [-0.1, -0.05) is 29.3 Å².